The lowest BCUT2D eigenvalue weighted by atomic mass is 9.75. The minimum atomic E-state index is -0.331. The molecule has 0 bridgehead atoms. The molecule has 0 heterocycles. The molecule has 1 aliphatic rings. The molecule has 2 N–H and O–H groups in total. The third-order valence-electron chi connectivity index (χ3n) is 5.60. The smallest absolute Gasteiger partial charge is 0.0630 e. The van der Waals surface area contributed by atoms with Gasteiger partial charge in [-0.05, 0) is 61.3 Å². The molecule has 3 atom stereocenters. The molecule has 0 saturated carbocycles. The van der Waals surface area contributed by atoms with Gasteiger partial charge in [0.25, 0.3) is 0 Å². The van der Waals surface area contributed by atoms with Gasteiger partial charge in [-0.25, -0.2) is 0 Å². The van der Waals surface area contributed by atoms with Crippen molar-refractivity contribution in [3.8, 4) is 0 Å². The Morgan fingerprint density at radius 2 is 1.48 bits per heavy atom. The van der Waals surface area contributed by atoms with Crippen molar-refractivity contribution in [2.75, 3.05) is 0 Å². The lowest BCUT2D eigenvalue weighted by Gasteiger charge is -2.39. The predicted octanol–water partition coefficient (Wildman–Crippen LogP) is 5.50. The van der Waals surface area contributed by atoms with Gasteiger partial charge in [0.15, 0.2) is 0 Å². The highest BCUT2D eigenvalue weighted by Crippen LogP contribution is 2.40. The highest BCUT2D eigenvalue weighted by atomic mass is 16.3. The Morgan fingerprint density at radius 3 is 2.04 bits per heavy atom. The molecule has 146 valence electrons. The van der Waals surface area contributed by atoms with E-state index in [0.717, 1.165) is 12.8 Å². The van der Waals surface area contributed by atoms with E-state index in [4.69, 9.17) is 0 Å². The molecule has 1 aliphatic carbocycles. The second-order valence-corrected chi connectivity index (χ2v) is 10.1. The largest absolute Gasteiger partial charge is 0.392 e. The van der Waals surface area contributed by atoms with Crippen molar-refractivity contribution >= 4 is 0 Å². The molecular formula is C25H35NO. The Morgan fingerprint density at radius 1 is 0.889 bits per heavy atom. The summed E-state index contributed by atoms with van der Waals surface area (Å²) in [5.74, 6) is 0.153. The van der Waals surface area contributed by atoms with Crippen LogP contribution in [0.2, 0.25) is 0 Å². The average molecular weight is 366 g/mol. The van der Waals surface area contributed by atoms with Crippen molar-refractivity contribution in [1.29, 1.82) is 0 Å². The fourth-order valence-electron chi connectivity index (χ4n) is 4.21. The van der Waals surface area contributed by atoms with Crippen LogP contribution in [0.1, 0.15) is 82.2 Å². The summed E-state index contributed by atoms with van der Waals surface area (Å²) in [7, 11) is 0. The number of hydrogen-bond acceptors (Lipinski definition) is 2. The third kappa shape index (κ3) is 4.80. The van der Waals surface area contributed by atoms with Gasteiger partial charge in [0.1, 0.15) is 0 Å². The van der Waals surface area contributed by atoms with Gasteiger partial charge in [-0.15, -0.1) is 0 Å². The van der Waals surface area contributed by atoms with E-state index in [-0.39, 0.29) is 29.0 Å². The van der Waals surface area contributed by atoms with Crippen LogP contribution in [0.4, 0.5) is 0 Å². The van der Waals surface area contributed by atoms with E-state index in [1.807, 2.05) is 0 Å². The molecule has 2 heteroatoms. The predicted molar refractivity (Wildman–Crippen MR) is 114 cm³/mol. The Kier molecular flexibility index (Phi) is 5.52. The van der Waals surface area contributed by atoms with Crippen LogP contribution in [0.5, 0.6) is 0 Å². The van der Waals surface area contributed by atoms with E-state index in [9.17, 15) is 5.11 Å². The monoisotopic (exact) mass is 365 g/mol. The van der Waals surface area contributed by atoms with Crippen molar-refractivity contribution in [1.82, 2.24) is 5.32 Å². The summed E-state index contributed by atoms with van der Waals surface area (Å²) >= 11 is 0. The summed E-state index contributed by atoms with van der Waals surface area (Å²) in [6.45, 7) is 13.3. The molecule has 2 aromatic rings. The summed E-state index contributed by atoms with van der Waals surface area (Å²) in [6.07, 6.45) is 1.31. The first-order valence-electron chi connectivity index (χ1n) is 10.2. The zero-order valence-electron chi connectivity index (χ0n) is 17.7. The van der Waals surface area contributed by atoms with Crippen molar-refractivity contribution in [3.05, 3.63) is 70.8 Å². The Balaban J connectivity index is 1.86. The molecule has 3 unspecified atom stereocenters. The maximum absolute atomic E-state index is 11.0. The topological polar surface area (TPSA) is 32.3 Å². The summed E-state index contributed by atoms with van der Waals surface area (Å²) in [5, 5.41) is 14.7. The van der Waals surface area contributed by atoms with Gasteiger partial charge >= 0.3 is 0 Å². The van der Waals surface area contributed by atoms with Crippen LogP contribution in [0.3, 0.4) is 0 Å². The van der Waals surface area contributed by atoms with Gasteiger partial charge < -0.3 is 10.4 Å². The van der Waals surface area contributed by atoms with E-state index >= 15 is 0 Å². The Hall–Kier alpha value is -1.64. The molecule has 0 radical (unpaired) electrons. The Labute approximate surface area is 165 Å². The van der Waals surface area contributed by atoms with Crippen molar-refractivity contribution in [3.63, 3.8) is 0 Å². The van der Waals surface area contributed by atoms with Crippen LogP contribution < -0.4 is 5.32 Å². The minimum Gasteiger partial charge on any atom is -0.392 e. The highest BCUT2D eigenvalue weighted by molar-refractivity contribution is 5.39. The van der Waals surface area contributed by atoms with E-state index < -0.39 is 0 Å². The molecule has 0 aromatic heterocycles. The number of aliphatic hydroxyl groups excluding tert-OH is 1. The van der Waals surface area contributed by atoms with Gasteiger partial charge in [-0.1, -0.05) is 69.3 Å². The van der Waals surface area contributed by atoms with Crippen LogP contribution >= 0.6 is 0 Å². The highest BCUT2D eigenvalue weighted by Gasteiger charge is 2.35. The standard InChI is InChI=1S/C25H35NO/c1-24(2,3)18-13-11-17(12-14-18)15-21-19-9-7-8-10-20(19)22(16-23(21)27)26-25(4,5)6/h7-14,21-23,26-27H,15-16H2,1-6H3. The fraction of sp³-hybridized carbons (Fsp3) is 0.520. The lowest BCUT2D eigenvalue weighted by molar-refractivity contribution is 0.103. The van der Waals surface area contributed by atoms with Crippen LogP contribution in [0.15, 0.2) is 48.5 Å². The fourth-order valence-corrected chi connectivity index (χ4v) is 4.21. The molecule has 2 aromatic carbocycles. The lowest BCUT2D eigenvalue weighted by Crippen LogP contribution is -2.43. The first-order chi connectivity index (χ1) is 12.5. The second kappa shape index (κ2) is 7.41. The molecule has 0 aliphatic heterocycles. The first-order valence-corrected chi connectivity index (χ1v) is 10.2. The van der Waals surface area contributed by atoms with Gasteiger partial charge in [-0.2, -0.15) is 0 Å². The number of fused-ring (bicyclic) bond motifs is 1. The SMILES string of the molecule is CC(C)(C)NC1CC(O)C(Cc2ccc(C(C)(C)C)cc2)c2ccccc21. The van der Waals surface area contributed by atoms with Crippen LogP contribution in [0.25, 0.3) is 0 Å². The number of aliphatic hydroxyl groups is 1. The third-order valence-corrected chi connectivity index (χ3v) is 5.60. The first kappa shape index (κ1) is 20.1. The molecule has 0 amide bonds. The van der Waals surface area contributed by atoms with Gasteiger partial charge in [0.05, 0.1) is 6.10 Å². The number of nitrogens with one attached hydrogen (secondary N) is 1. The molecular weight excluding hydrogens is 330 g/mol. The molecule has 27 heavy (non-hydrogen) atoms. The van der Waals surface area contributed by atoms with Crippen LogP contribution in [-0.4, -0.2) is 16.7 Å². The van der Waals surface area contributed by atoms with Gasteiger partial charge in [-0.3, -0.25) is 0 Å². The van der Waals surface area contributed by atoms with Gasteiger partial charge in [0, 0.05) is 17.5 Å². The molecule has 3 rings (SSSR count). The van der Waals surface area contributed by atoms with Crippen LogP contribution in [0, 0.1) is 0 Å². The summed E-state index contributed by atoms with van der Waals surface area (Å²) in [5.41, 5.74) is 5.47. The minimum absolute atomic E-state index is 0.0210. The normalized spacial score (nSPS) is 23.1. The summed E-state index contributed by atoms with van der Waals surface area (Å²) in [4.78, 5) is 0. The molecule has 2 nitrogen and oxygen atoms in total. The Bertz CT molecular complexity index is 764. The zero-order chi connectivity index (χ0) is 19.8. The summed E-state index contributed by atoms with van der Waals surface area (Å²) < 4.78 is 0. The molecule has 0 fully saturated rings. The zero-order valence-corrected chi connectivity index (χ0v) is 17.7. The molecule has 0 spiro atoms. The maximum Gasteiger partial charge on any atom is 0.0630 e. The van der Waals surface area contributed by atoms with Crippen molar-refractivity contribution < 1.29 is 5.11 Å². The second-order valence-electron chi connectivity index (χ2n) is 10.1. The van der Waals surface area contributed by atoms with Crippen molar-refractivity contribution in [2.45, 2.75) is 83.4 Å². The van der Waals surface area contributed by atoms with E-state index in [0.29, 0.717) is 0 Å². The maximum atomic E-state index is 11.0. The molecule has 0 saturated heterocycles. The van der Waals surface area contributed by atoms with Crippen LogP contribution in [-0.2, 0) is 11.8 Å². The number of benzene rings is 2. The average Bonchev–Trinajstić information content (AvgIpc) is 2.57. The quantitative estimate of drug-likeness (QED) is 0.752. The van der Waals surface area contributed by atoms with Crippen molar-refractivity contribution in [2.24, 2.45) is 0 Å². The van der Waals surface area contributed by atoms with E-state index in [1.165, 1.54) is 22.3 Å². The summed E-state index contributed by atoms with van der Waals surface area (Å²) in [6, 6.07) is 17.8. The van der Waals surface area contributed by atoms with E-state index in [1.54, 1.807) is 0 Å². The van der Waals surface area contributed by atoms with E-state index in [2.05, 4.69) is 95.4 Å². The number of hydrogen-bond donors (Lipinski definition) is 2. The number of rotatable bonds is 3. The van der Waals surface area contributed by atoms with Gasteiger partial charge in [0.2, 0.25) is 0 Å².